The zero-order valence-electron chi connectivity index (χ0n) is 10.0. The second kappa shape index (κ2) is 6.28. The van der Waals surface area contributed by atoms with Crippen molar-refractivity contribution in [1.29, 1.82) is 0 Å². The molecule has 0 fully saturated rings. The summed E-state index contributed by atoms with van der Waals surface area (Å²) in [5.74, 6) is 0.0664. The summed E-state index contributed by atoms with van der Waals surface area (Å²) in [6, 6.07) is 5.95. The van der Waals surface area contributed by atoms with Gasteiger partial charge in [-0.1, -0.05) is 6.07 Å². The molecule has 1 aromatic carbocycles. The Morgan fingerprint density at radius 2 is 2.00 bits per heavy atom. The average molecular weight is 220 g/mol. The summed E-state index contributed by atoms with van der Waals surface area (Å²) < 4.78 is 0. The Hall–Kier alpha value is -1.35. The molecule has 0 aliphatic carbocycles. The minimum absolute atomic E-state index is 0.0664. The van der Waals surface area contributed by atoms with Gasteiger partial charge in [0.1, 0.15) is 0 Å². The number of hydrogen-bond donors (Lipinski definition) is 2. The minimum atomic E-state index is 0.0664. The normalized spacial score (nSPS) is 10.2. The zero-order valence-corrected chi connectivity index (χ0v) is 10.0. The Morgan fingerprint density at radius 3 is 2.62 bits per heavy atom. The topological polar surface area (TPSA) is 55.1 Å². The van der Waals surface area contributed by atoms with Crippen molar-refractivity contribution < 1.29 is 4.79 Å². The monoisotopic (exact) mass is 220 g/mol. The average Bonchev–Trinajstić information content (AvgIpc) is 2.24. The number of nitrogens with one attached hydrogen (secondary N) is 1. The predicted molar refractivity (Wildman–Crippen MR) is 67.5 cm³/mol. The van der Waals surface area contributed by atoms with Gasteiger partial charge in [-0.2, -0.15) is 0 Å². The smallest absolute Gasteiger partial charge is 0.224 e. The van der Waals surface area contributed by atoms with Crippen molar-refractivity contribution in [2.45, 2.75) is 33.1 Å². The molecule has 0 unspecified atom stereocenters. The van der Waals surface area contributed by atoms with Gasteiger partial charge in [-0.15, -0.1) is 0 Å². The summed E-state index contributed by atoms with van der Waals surface area (Å²) in [4.78, 5) is 11.5. The molecule has 3 N–H and O–H groups in total. The van der Waals surface area contributed by atoms with E-state index in [1.54, 1.807) is 0 Å². The first kappa shape index (κ1) is 12.7. The van der Waals surface area contributed by atoms with Gasteiger partial charge in [-0.25, -0.2) is 0 Å². The molecule has 16 heavy (non-hydrogen) atoms. The molecule has 0 saturated heterocycles. The van der Waals surface area contributed by atoms with Crippen LogP contribution in [0.15, 0.2) is 18.2 Å². The largest absolute Gasteiger partial charge is 0.330 e. The van der Waals surface area contributed by atoms with Crippen molar-refractivity contribution >= 4 is 11.6 Å². The number of aryl methyl sites for hydroxylation is 2. The number of unbranched alkanes of at least 4 members (excludes halogenated alkanes) is 1. The molecule has 1 aromatic rings. The Morgan fingerprint density at radius 1 is 1.25 bits per heavy atom. The first-order valence-corrected chi connectivity index (χ1v) is 5.70. The molecule has 3 nitrogen and oxygen atoms in total. The fourth-order valence-corrected chi connectivity index (χ4v) is 1.47. The quantitative estimate of drug-likeness (QED) is 0.748. The molecule has 0 spiro atoms. The molecular formula is C13H20N2O. The highest BCUT2D eigenvalue weighted by Crippen LogP contribution is 2.14. The Balaban J connectivity index is 2.46. The molecule has 0 atom stereocenters. The van der Waals surface area contributed by atoms with Crippen LogP contribution in [0.2, 0.25) is 0 Å². The van der Waals surface area contributed by atoms with Crippen LogP contribution in [0.1, 0.15) is 30.4 Å². The third kappa shape index (κ3) is 4.03. The van der Waals surface area contributed by atoms with Gasteiger partial charge in [0.05, 0.1) is 0 Å². The number of hydrogen-bond acceptors (Lipinski definition) is 2. The van der Waals surface area contributed by atoms with Crippen molar-refractivity contribution in [1.82, 2.24) is 0 Å². The predicted octanol–water partition coefficient (Wildman–Crippen LogP) is 2.37. The molecular weight excluding hydrogens is 200 g/mol. The van der Waals surface area contributed by atoms with Gasteiger partial charge in [-0.3, -0.25) is 4.79 Å². The Bertz CT molecular complexity index is 361. The van der Waals surface area contributed by atoms with Crippen LogP contribution < -0.4 is 11.1 Å². The summed E-state index contributed by atoms with van der Waals surface area (Å²) in [7, 11) is 0. The summed E-state index contributed by atoms with van der Waals surface area (Å²) in [6.45, 7) is 4.75. The van der Waals surface area contributed by atoms with Gasteiger partial charge in [0, 0.05) is 12.1 Å². The Kier molecular flexibility index (Phi) is 4.99. The third-order valence-corrected chi connectivity index (χ3v) is 2.65. The molecule has 88 valence electrons. The van der Waals surface area contributed by atoms with E-state index in [0.29, 0.717) is 13.0 Å². The number of benzene rings is 1. The summed E-state index contributed by atoms with van der Waals surface area (Å²) in [5, 5.41) is 2.89. The van der Waals surface area contributed by atoms with E-state index in [2.05, 4.69) is 12.2 Å². The fraction of sp³-hybridized carbons (Fsp3) is 0.462. The number of anilines is 1. The van der Waals surface area contributed by atoms with Crippen LogP contribution in [0.4, 0.5) is 5.69 Å². The lowest BCUT2D eigenvalue weighted by molar-refractivity contribution is -0.116. The van der Waals surface area contributed by atoms with Crippen molar-refractivity contribution in [3.63, 3.8) is 0 Å². The van der Waals surface area contributed by atoms with Gasteiger partial charge >= 0.3 is 0 Å². The maximum Gasteiger partial charge on any atom is 0.224 e. The van der Waals surface area contributed by atoms with Crippen molar-refractivity contribution in [2.75, 3.05) is 11.9 Å². The standard InChI is InChI=1S/C13H20N2O/c1-10-6-7-12(9-11(10)2)15-13(16)5-3-4-8-14/h6-7,9H,3-5,8,14H2,1-2H3,(H,15,16). The van der Waals surface area contributed by atoms with Crippen molar-refractivity contribution in [3.8, 4) is 0 Å². The van der Waals surface area contributed by atoms with Crippen LogP contribution in [0.5, 0.6) is 0 Å². The van der Waals surface area contributed by atoms with Crippen molar-refractivity contribution in [2.24, 2.45) is 5.73 Å². The van der Waals surface area contributed by atoms with E-state index in [1.165, 1.54) is 11.1 Å². The molecule has 0 radical (unpaired) electrons. The summed E-state index contributed by atoms with van der Waals surface area (Å²) in [6.07, 6.45) is 2.30. The van der Waals surface area contributed by atoms with Gasteiger partial charge in [0.15, 0.2) is 0 Å². The highest BCUT2D eigenvalue weighted by Gasteiger charge is 2.02. The van der Waals surface area contributed by atoms with Crippen LogP contribution in [0.25, 0.3) is 0 Å². The minimum Gasteiger partial charge on any atom is -0.330 e. The number of carbonyl (C=O) groups is 1. The van der Waals surface area contributed by atoms with Gasteiger partial charge < -0.3 is 11.1 Å². The van der Waals surface area contributed by atoms with Crippen LogP contribution in [0, 0.1) is 13.8 Å². The van der Waals surface area contributed by atoms with E-state index >= 15 is 0 Å². The van der Waals surface area contributed by atoms with E-state index in [-0.39, 0.29) is 5.91 Å². The van der Waals surface area contributed by atoms with Crippen LogP contribution in [-0.4, -0.2) is 12.5 Å². The highest BCUT2D eigenvalue weighted by molar-refractivity contribution is 5.90. The van der Waals surface area contributed by atoms with Gasteiger partial charge in [0.25, 0.3) is 0 Å². The summed E-state index contributed by atoms with van der Waals surface area (Å²) in [5.41, 5.74) is 8.68. The van der Waals surface area contributed by atoms with Crippen LogP contribution in [0.3, 0.4) is 0 Å². The second-order valence-corrected chi connectivity index (χ2v) is 4.09. The number of carbonyl (C=O) groups excluding carboxylic acids is 1. The SMILES string of the molecule is Cc1ccc(NC(=O)CCCCN)cc1C. The van der Waals surface area contributed by atoms with Crippen LogP contribution >= 0.6 is 0 Å². The van der Waals surface area contributed by atoms with Gasteiger partial charge in [-0.05, 0) is 56.5 Å². The molecule has 0 aliphatic rings. The number of amides is 1. The lowest BCUT2D eigenvalue weighted by atomic mass is 10.1. The maximum absolute atomic E-state index is 11.5. The molecule has 0 aromatic heterocycles. The van der Waals surface area contributed by atoms with E-state index in [1.807, 2.05) is 25.1 Å². The molecule has 0 heterocycles. The summed E-state index contributed by atoms with van der Waals surface area (Å²) >= 11 is 0. The molecule has 0 bridgehead atoms. The van der Waals surface area contributed by atoms with E-state index in [4.69, 9.17) is 5.73 Å². The highest BCUT2D eigenvalue weighted by atomic mass is 16.1. The second-order valence-electron chi connectivity index (χ2n) is 4.09. The zero-order chi connectivity index (χ0) is 12.0. The molecule has 0 aliphatic heterocycles. The lowest BCUT2D eigenvalue weighted by Crippen LogP contribution is -2.12. The fourth-order valence-electron chi connectivity index (χ4n) is 1.47. The lowest BCUT2D eigenvalue weighted by Gasteiger charge is -2.07. The van der Waals surface area contributed by atoms with Gasteiger partial charge in [0.2, 0.25) is 5.91 Å². The number of nitrogens with two attached hydrogens (primary N) is 1. The van der Waals surface area contributed by atoms with E-state index in [0.717, 1.165) is 18.5 Å². The third-order valence-electron chi connectivity index (χ3n) is 2.65. The molecule has 3 heteroatoms. The molecule has 1 rings (SSSR count). The first-order valence-electron chi connectivity index (χ1n) is 5.70. The molecule has 1 amide bonds. The van der Waals surface area contributed by atoms with E-state index < -0.39 is 0 Å². The number of rotatable bonds is 5. The maximum atomic E-state index is 11.5. The van der Waals surface area contributed by atoms with E-state index in [9.17, 15) is 4.79 Å². The Labute approximate surface area is 97.0 Å². The van der Waals surface area contributed by atoms with Crippen LogP contribution in [-0.2, 0) is 4.79 Å². The van der Waals surface area contributed by atoms with Crippen molar-refractivity contribution in [3.05, 3.63) is 29.3 Å². The first-order chi connectivity index (χ1) is 7.63. The molecule has 0 saturated carbocycles.